The standard InChI is InChI=1S/C3H4N2.La/c1-2-5-3-4-1;/h1-3H,(H,4,5);. The molecule has 0 saturated heterocycles. The molecular formula is C3H4LaN2. The fourth-order valence-electron chi connectivity index (χ4n) is 0.215. The van der Waals surface area contributed by atoms with E-state index in [0.29, 0.717) is 0 Å². The van der Waals surface area contributed by atoms with Crippen LogP contribution in [0.2, 0.25) is 0 Å². The third kappa shape index (κ3) is 1.75. The van der Waals surface area contributed by atoms with E-state index in [1.165, 1.54) is 0 Å². The van der Waals surface area contributed by atoms with Gasteiger partial charge in [0, 0.05) is 48.0 Å². The zero-order valence-electron chi connectivity index (χ0n) is 3.26. The molecule has 0 unspecified atom stereocenters. The molecule has 1 radical (unpaired) electrons. The molecule has 29 valence electrons. The number of H-pyrrole nitrogens is 1. The van der Waals surface area contributed by atoms with Gasteiger partial charge in [-0.15, -0.1) is 0 Å². The van der Waals surface area contributed by atoms with Gasteiger partial charge in [-0.1, -0.05) is 0 Å². The van der Waals surface area contributed by atoms with Crippen LogP contribution in [0.3, 0.4) is 0 Å². The van der Waals surface area contributed by atoms with Gasteiger partial charge in [0.15, 0.2) is 0 Å². The molecule has 0 atom stereocenters. The van der Waals surface area contributed by atoms with Crippen LogP contribution in [-0.4, -0.2) is 9.97 Å². The second kappa shape index (κ2) is 3.59. The van der Waals surface area contributed by atoms with Gasteiger partial charge in [-0.25, -0.2) is 4.98 Å². The molecule has 0 saturated carbocycles. The third-order valence-electron chi connectivity index (χ3n) is 0.406. The van der Waals surface area contributed by atoms with Gasteiger partial charge in [0.2, 0.25) is 0 Å². The minimum absolute atomic E-state index is 0. The Balaban J connectivity index is 0.000000250. The molecule has 2 nitrogen and oxygen atoms in total. The first-order valence-corrected chi connectivity index (χ1v) is 1.43. The Hall–Kier alpha value is 0.405. The third-order valence-corrected chi connectivity index (χ3v) is 0.406. The Labute approximate surface area is 64.0 Å². The van der Waals surface area contributed by atoms with E-state index in [9.17, 15) is 0 Å². The minimum atomic E-state index is 0. The van der Waals surface area contributed by atoms with Crippen LogP contribution in [0.4, 0.5) is 0 Å². The summed E-state index contributed by atoms with van der Waals surface area (Å²) >= 11 is 0. The first-order chi connectivity index (χ1) is 2.50. The van der Waals surface area contributed by atoms with Gasteiger partial charge in [-0.05, 0) is 0 Å². The molecule has 0 amide bonds. The van der Waals surface area contributed by atoms with Crippen LogP contribution in [0.15, 0.2) is 18.7 Å². The predicted molar refractivity (Wildman–Crippen MR) is 18.6 cm³/mol. The summed E-state index contributed by atoms with van der Waals surface area (Å²) < 4.78 is 0. The Morgan fingerprint density at radius 1 is 1.50 bits per heavy atom. The molecule has 0 aliphatic rings. The smallest absolute Gasteiger partial charge is 0.0919 e. The maximum atomic E-state index is 3.67. The summed E-state index contributed by atoms with van der Waals surface area (Å²) in [5.74, 6) is 0. The molecule has 0 fully saturated rings. The Morgan fingerprint density at radius 3 is 2.50 bits per heavy atom. The Morgan fingerprint density at radius 2 is 2.33 bits per heavy atom. The molecule has 1 N–H and O–H groups in total. The van der Waals surface area contributed by atoms with E-state index >= 15 is 0 Å². The van der Waals surface area contributed by atoms with Crippen molar-refractivity contribution in [3.63, 3.8) is 0 Å². The zero-order chi connectivity index (χ0) is 3.54. The second-order valence-electron chi connectivity index (χ2n) is 0.761. The number of aromatic nitrogens is 2. The van der Waals surface area contributed by atoms with Crippen LogP contribution < -0.4 is 0 Å². The van der Waals surface area contributed by atoms with Crippen molar-refractivity contribution in [2.45, 2.75) is 0 Å². The monoisotopic (exact) mass is 207 g/mol. The summed E-state index contributed by atoms with van der Waals surface area (Å²) in [7, 11) is 0. The first kappa shape index (κ1) is 6.40. The molecule has 1 rings (SSSR count). The number of nitrogens with one attached hydrogen (secondary N) is 1. The topological polar surface area (TPSA) is 28.7 Å². The van der Waals surface area contributed by atoms with E-state index < -0.39 is 0 Å². The first-order valence-electron chi connectivity index (χ1n) is 1.43. The Kier molecular flexibility index (Phi) is 3.83. The van der Waals surface area contributed by atoms with Crippen LogP contribution in [0.5, 0.6) is 0 Å². The number of aromatic amines is 1. The maximum Gasteiger partial charge on any atom is 0.0919 e. The van der Waals surface area contributed by atoms with Crippen molar-refractivity contribution < 1.29 is 35.6 Å². The number of nitrogens with zero attached hydrogens (tertiary/aromatic N) is 1. The van der Waals surface area contributed by atoms with Crippen LogP contribution in [0.1, 0.15) is 0 Å². The number of hydrogen-bond donors (Lipinski definition) is 1. The van der Waals surface area contributed by atoms with Crippen molar-refractivity contribution in [3.05, 3.63) is 18.7 Å². The molecular weight excluding hydrogens is 203 g/mol. The Bertz CT molecular complexity index is 65.3. The van der Waals surface area contributed by atoms with Crippen molar-refractivity contribution in [2.24, 2.45) is 0 Å². The van der Waals surface area contributed by atoms with Gasteiger partial charge in [-0.3, -0.25) is 0 Å². The van der Waals surface area contributed by atoms with Crippen molar-refractivity contribution in [3.8, 4) is 0 Å². The van der Waals surface area contributed by atoms with Gasteiger partial charge in [0.25, 0.3) is 0 Å². The summed E-state index contributed by atoms with van der Waals surface area (Å²) in [6.07, 6.45) is 5.08. The van der Waals surface area contributed by atoms with Gasteiger partial charge in [0.05, 0.1) is 6.33 Å². The number of hydrogen-bond acceptors (Lipinski definition) is 1. The summed E-state index contributed by atoms with van der Waals surface area (Å²) in [4.78, 5) is 6.42. The summed E-state index contributed by atoms with van der Waals surface area (Å²) in [5.41, 5.74) is 0. The van der Waals surface area contributed by atoms with E-state index in [-0.39, 0.29) is 35.6 Å². The normalized spacial score (nSPS) is 6.67. The molecule has 0 aliphatic carbocycles. The molecule has 1 aromatic heterocycles. The van der Waals surface area contributed by atoms with Crippen molar-refractivity contribution in [2.75, 3.05) is 0 Å². The van der Waals surface area contributed by atoms with Crippen molar-refractivity contribution >= 4 is 0 Å². The van der Waals surface area contributed by atoms with Crippen LogP contribution in [0.25, 0.3) is 0 Å². The van der Waals surface area contributed by atoms with E-state index in [1.807, 2.05) is 0 Å². The minimum Gasteiger partial charge on any atom is -0.351 e. The van der Waals surface area contributed by atoms with Gasteiger partial charge in [0.1, 0.15) is 0 Å². The molecule has 1 heterocycles. The summed E-state index contributed by atoms with van der Waals surface area (Å²) in [6, 6.07) is 0. The fraction of sp³-hybridized carbons (Fsp3) is 0. The molecule has 0 aromatic carbocycles. The average molecular weight is 207 g/mol. The average Bonchev–Trinajstić information content (AvgIpc) is 1.76. The number of imidazole rings is 1. The molecule has 0 spiro atoms. The predicted octanol–water partition coefficient (Wildman–Crippen LogP) is 0.410. The maximum absolute atomic E-state index is 3.67. The molecule has 0 aliphatic heterocycles. The summed E-state index contributed by atoms with van der Waals surface area (Å²) in [6.45, 7) is 0. The quantitative estimate of drug-likeness (QED) is 0.655. The second-order valence-corrected chi connectivity index (χ2v) is 0.761. The summed E-state index contributed by atoms with van der Waals surface area (Å²) in [5, 5.41) is 0. The van der Waals surface area contributed by atoms with E-state index in [1.54, 1.807) is 18.7 Å². The van der Waals surface area contributed by atoms with E-state index in [4.69, 9.17) is 0 Å². The molecule has 1 aromatic rings. The molecule has 3 heteroatoms. The van der Waals surface area contributed by atoms with Crippen molar-refractivity contribution in [1.29, 1.82) is 0 Å². The largest absolute Gasteiger partial charge is 0.351 e. The van der Waals surface area contributed by atoms with Gasteiger partial charge in [-0.2, -0.15) is 0 Å². The number of rotatable bonds is 0. The molecule has 6 heavy (non-hydrogen) atoms. The van der Waals surface area contributed by atoms with Gasteiger partial charge < -0.3 is 4.98 Å². The van der Waals surface area contributed by atoms with Crippen molar-refractivity contribution in [1.82, 2.24) is 9.97 Å². The van der Waals surface area contributed by atoms with E-state index in [0.717, 1.165) is 0 Å². The molecule has 0 bridgehead atoms. The van der Waals surface area contributed by atoms with Crippen LogP contribution in [-0.2, 0) is 0 Å². The fourth-order valence-corrected chi connectivity index (χ4v) is 0.215. The van der Waals surface area contributed by atoms with E-state index in [2.05, 4.69) is 9.97 Å². The van der Waals surface area contributed by atoms with Gasteiger partial charge >= 0.3 is 0 Å². The SMILES string of the molecule is [La].c1c[nH]cn1. The van der Waals surface area contributed by atoms with Crippen LogP contribution >= 0.6 is 0 Å². The van der Waals surface area contributed by atoms with Crippen LogP contribution in [0, 0.1) is 35.6 Å². The zero-order valence-corrected chi connectivity index (χ0v) is 6.88.